The summed E-state index contributed by atoms with van der Waals surface area (Å²) in [5.41, 5.74) is 0. The number of hydrogen-bond acceptors (Lipinski definition) is 3. The first-order valence-corrected chi connectivity index (χ1v) is 5.25. The number of nitrogens with zero attached hydrogens (tertiary/aromatic N) is 1. The van der Waals surface area contributed by atoms with E-state index in [0.29, 0.717) is 19.7 Å². The molecule has 0 saturated carbocycles. The van der Waals surface area contributed by atoms with Gasteiger partial charge in [0.1, 0.15) is 6.10 Å². The lowest BCUT2D eigenvalue weighted by atomic mass is 10.4. The Kier molecular flexibility index (Phi) is 3.93. The van der Waals surface area contributed by atoms with E-state index in [-0.39, 0.29) is 12.1 Å². The largest absolute Gasteiger partial charge is 0.348 e. The molecule has 0 spiro atoms. The highest BCUT2D eigenvalue weighted by atomic mass is 16.7. The SMILES string of the molecule is CCN(C)C(=O)NCC1COC(C)(C)O1. The number of amides is 2. The molecular formula is C10H20N2O3. The molecule has 5 heteroatoms. The van der Waals surface area contributed by atoms with Crippen molar-refractivity contribution in [1.29, 1.82) is 0 Å². The summed E-state index contributed by atoms with van der Waals surface area (Å²) in [6, 6.07) is -0.0780. The number of urea groups is 1. The molecule has 1 atom stereocenters. The molecule has 1 N–H and O–H groups in total. The molecule has 1 unspecified atom stereocenters. The first-order chi connectivity index (χ1) is 6.94. The molecular weight excluding hydrogens is 196 g/mol. The van der Waals surface area contributed by atoms with E-state index in [4.69, 9.17) is 9.47 Å². The van der Waals surface area contributed by atoms with E-state index in [2.05, 4.69) is 5.32 Å². The lowest BCUT2D eigenvalue weighted by molar-refractivity contribution is -0.137. The number of carbonyl (C=O) groups is 1. The van der Waals surface area contributed by atoms with Gasteiger partial charge < -0.3 is 19.7 Å². The molecule has 1 aliphatic rings. The van der Waals surface area contributed by atoms with Crippen molar-refractivity contribution in [2.45, 2.75) is 32.7 Å². The minimum atomic E-state index is -0.522. The van der Waals surface area contributed by atoms with Gasteiger partial charge in [-0.15, -0.1) is 0 Å². The van der Waals surface area contributed by atoms with Crippen LogP contribution >= 0.6 is 0 Å². The van der Waals surface area contributed by atoms with Gasteiger partial charge in [-0.1, -0.05) is 0 Å². The Hall–Kier alpha value is -0.810. The highest BCUT2D eigenvalue weighted by Crippen LogP contribution is 2.21. The van der Waals surface area contributed by atoms with Crippen molar-refractivity contribution < 1.29 is 14.3 Å². The monoisotopic (exact) mass is 216 g/mol. The second kappa shape index (κ2) is 4.81. The molecule has 0 radical (unpaired) electrons. The van der Waals surface area contributed by atoms with Gasteiger partial charge in [-0.25, -0.2) is 4.79 Å². The fourth-order valence-corrected chi connectivity index (χ4v) is 1.34. The van der Waals surface area contributed by atoms with E-state index in [1.807, 2.05) is 20.8 Å². The van der Waals surface area contributed by atoms with Crippen molar-refractivity contribution in [3.63, 3.8) is 0 Å². The summed E-state index contributed by atoms with van der Waals surface area (Å²) in [6.45, 7) is 7.38. The Labute approximate surface area is 90.7 Å². The van der Waals surface area contributed by atoms with E-state index in [1.165, 1.54) is 0 Å². The molecule has 1 rings (SSSR count). The molecule has 0 bridgehead atoms. The van der Waals surface area contributed by atoms with E-state index in [1.54, 1.807) is 11.9 Å². The van der Waals surface area contributed by atoms with E-state index >= 15 is 0 Å². The predicted molar refractivity (Wildman–Crippen MR) is 56.6 cm³/mol. The van der Waals surface area contributed by atoms with Crippen LogP contribution < -0.4 is 5.32 Å². The Morgan fingerprint density at radius 2 is 2.27 bits per heavy atom. The zero-order chi connectivity index (χ0) is 11.5. The Balaban J connectivity index is 2.24. The normalized spacial score (nSPS) is 23.9. The van der Waals surface area contributed by atoms with Gasteiger partial charge in [0.15, 0.2) is 5.79 Å². The van der Waals surface area contributed by atoms with Crippen LogP contribution in [0.25, 0.3) is 0 Å². The maximum atomic E-state index is 11.4. The third kappa shape index (κ3) is 3.68. The van der Waals surface area contributed by atoms with Crippen LogP contribution in [0.5, 0.6) is 0 Å². The summed E-state index contributed by atoms with van der Waals surface area (Å²) in [7, 11) is 1.76. The molecule has 1 heterocycles. The molecule has 88 valence electrons. The third-order valence-electron chi connectivity index (χ3n) is 2.37. The third-order valence-corrected chi connectivity index (χ3v) is 2.37. The van der Waals surface area contributed by atoms with Gasteiger partial charge in [-0.2, -0.15) is 0 Å². The van der Waals surface area contributed by atoms with E-state index < -0.39 is 5.79 Å². The molecule has 0 aliphatic carbocycles. The van der Waals surface area contributed by atoms with Crippen LogP contribution in [-0.2, 0) is 9.47 Å². The zero-order valence-corrected chi connectivity index (χ0v) is 9.87. The van der Waals surface area contributed by atoms with Crippen LogP contribution in [0.3, 0.4) is 0 Å². The van der Waals surface area contributed by atoms with Crippen LogP contribution in [0.4, 0.5) is 4.79 Å². The van der Waals surface area contributed by atoms with Crippen LogP contribution in [0.2, 0.25) is 0 Å². The number of nitrogens with one attached hydrogen (secondary N) is 1. The molecule has 0 aromatic heterocycles. The van der Waals surface area contributed by atoms with Gasteiger partial charge in [0.25, 0.3) is 0 Å². The Morgan fingerprint density at radius 3 is 2.73 bits per heavy atom. The average Bonchev–Trinajstić information content (AvgIpc) is 2.53. The highest BCUT2D eigenvalue weighted by Gasteiger charge is 2.32. The number of ether oxygens (including phenoxy) is 2. The summed E-state index contributed by atoms with van der Waals surface area (Å²) in [4.78, 5) is 13.0. The van der Waals surface area contributed by atoms with Crippen molar-refractivity contribution in [1.82, 2.24) is 10.2 Å². The summed E-state index contributed by atoms with van der Waals surface area (Å²) < 4.78 is 10.9. The summed E-state index contributed by atoms with van der Waals surface area (Å²) in [5, 5.41) is 2.80. The summed E-state index contributed by atoms with van der Waals surface area (Å²) in [6.07, 6.45) is -0.0470. The minimum Gasteiger partial charge on any atom is -0.348 e. The second-order valence-electron chi connectivity index (χ2n) is 4.15. The van der Waals surface area contributed by atoms with E-state index in [0.717, 1.165) is 0 Å². The lowest BCUT2D eigenvalue weighted by Crippen LogP contribution is -2.41. The fraction of sp³-hybridized carbons (Fsp3) is 0.900. The smallest absolute Gasteiger partial charge is 0.317 e. The van der Waals surface area contributed by atoms with Gasteiger partial charge in [0.05, 0.1) is 6.61 Å². The van der Waals surface area contributed by atoms with Gasteiger partial charge in [-0.05, 0) is 20.8 Å². The quantitative estimate of drug-likeness (QED) is 0.759. The summed E-state index contributed by atoms with van der Waals surface area (Å²) >= 11 is 0. The molecule has 1 aliphatic heterocycles. The second-order valence-corrected chi connectivity index (χ2v) is 4.15. The van der Waals surface area contributed by atoms with Crippen LogP contribution in [0, 0.1) is 0 Å². The highest BCUT2D eigenvalue weighted by molar-refractivity contribution is 5.73. The number of rotatable bonds is 3. The molecule has 1 fully saturated rings. The molecule has 2 amide bonds. The first-order valence-electron chi connectivity index (χ1n) is 5.25. The molecule has 0 aromatic rings. The fourth-order valence-electron chi connectivity index (χ4n) is 1.34. The van der Waals surface area contributed by atoms with Gasteiger partial charge in [0, 0.05) is 20.1 Å². The van der Waals surface area contributed by atoms with Crippen molar-refractivity contribution in [2.24, 2.45) is 0 Å². The topological polar surface area (TPSA) is 50.8 Å². The van der Waals surface area contributed by atoms with Gasteiger partial charge in [0.2, 0.25) is 0 Å². The van der Waals surface area contributed by atoms with Gasteiger partial charge in [-0.3, -0.25) is 0 Å². The Bertz CT molecular complexity index is 231. The molecule has 5 nitrogen and oxygen atoms in total. The number of hydrogen-bond donors (Lipinski definition) is 1. The number of carbonyl (C=O) groups excluding carboxylic acids is 1. The van der Waals surface area contributed by atoms with Crippen molar-refractivity contribution >= 4 is 6.03 Å². The first kappa shape index (κ1) is 12.3. The van der Waals surface area contributed by atoms with Gasteiger partial charge >= 0.3 is 6.03 Å². The standard InChI is InChI=1S/C10H20N2O3/c1-5-12(4)9(13)11-6-8-7-14-10(2,3)15-8/h8H,5-7H2,1-4H3,(H,11,13). The summed E-state index contributed by atoms with van der Waals surface area (Å²) in [5.74, 6) is -0.522. The predicted octanol–water partition coefficient (Wildman–Crippen LogP) is 0.799. The minimum absolute atomic E-state index is 0.0470. The van der Waals surface area contributed by atoms with Crippen molar-refractivity contribution in [3.8, 4) is 0 Å². The van der Waals surface area contributed by atoms with Crippen molar-refractivity contribution in [3.05, 3.63) is 0 Å². The Morgan fingerprint density at radius 1 is 1.60 bits per heavy atom. The van der Waals surface area contributed by atoms with Crippen LogP contribution in [0.1, 0.15) is 20.8 Å². The molecule has 15 heavy (non-hydrogen) atoms. The zero-order valence-electron chi connectivity index (χ0n) is 9.87. The van der Waals surface area contributed by atoms with E-state index in [9.17, 15) is 4.79 Å². The van der Waals surface area contributed by atoms with Crippen LogP contribution in [0.15, 0.2) is 0 Å². The molecule has 1 saturated heterocycles. The lowest BCUT2D eigenvalue weighted by Gasteiger charge is -2.19. The van der Waals surface area contributed by atoms with Crippen LogP contribution in [-0.4, -0.2) is 49.6 Å². The van der Waals surface area contributed by atoms with Crippen molar-refractivity contribution in [2.75, 3.05) is 26.7 Å². The maximum absolute atomic E-state index is 11.4. The maximum Gasteiger partial charge on any atom is 0.317 e. The molecule has 0 aromatic carbocycles. The average molecular weight is 216 g/mol.